The van der Waals surface area contributed by atoms with E-state index < -0.39 is 0 Å². The van der Waals surface area contributed by atoms with Crippen molar-refractivity contribution in [3.05, 3.63) is 30.7 Å². The van der Waals surface area contributed by atoms with Gasteiger partial charge in [-0.25, -0.2) is 4.98 Å². The van der Waals surface area contributed by atoms with Crippen LogP contribution in [-0.2, 0) is 0 Å². The fourth-order valence-corrected chi connectivity index (χ4v) is 2.16. The van der Waals surface area contributed by atoms with Crippen molar-refractivity contribution in [3.8, 4) is 0 Å². The maximum Gasteiger partial charge on any atom is 0.136 e. The molecule has 0 amide bonds. The molecule has 84 valence electrons. The summed E-state index contributed by atoms with van der Waals surface area (Å²) in [5.74, 6) is 0. The summed E-state index contributed by atoms with van der Waals surface area (Å²) in [6.45, 7) is 4.50. The Kier molecular flexibility index (Phi) is 2.29. The molecule has 2 aromatic rings. The van der Waals surface area contributed by atoms with E-state index in [1.54, 1.807) is 0 Å². The van der Waals surface area contributed by atoms with Crippen LogP contribution in [0.1, 0.15) is 0 Å². The average molecular weight is 216 g/mol. The second-order valence-electron chi connectivity index (χ2n) is 4.37. The van der Waals surface area contributed by atoms with Gasteiger partial charge in [0.05, 0.1) is 5.69 Å². The van der Waals surface area contributed by atoms with Crippen molar-refractivity contribution >= 4 is 11.3 Å². The van der Waals surface area contributed by atoms with Crippen LogP contribution in [0.2, 0.25) is 0 Å². The number of anilines is 1. The highest BCUT2D eigenvalue weighted by Gasteiger charge is 2.14. The molecule has 4 heteroatoms. The number of imidazole rings is 1. The quantitative estimate of drug-likeness (QED) is 0.713. The van der Waals surface area contributed by atoms with Crippen LogP contribution in [0.4, 0.5) is 5.69 Å². The Morgan fingerprint density at radius 2 is 1.94 bits per heavy atom. The van der Waals surface area contributed by atoms with E-state index in [2.05, 4.69) is 44.6 Å². The molecule has 0 radical (unpaired) electrons. The SMILES string of the molecule is CN1CCN(c2ccc3nccn3c2)CC1. The number of hydrogen-bond acceptors (Lipinski definition) is 3. The van der Waals surface area contributed by atoms with Gasteiger partial charge in [0.1, 0.15) is 5.65 Å². The van der Waals surface area contributed by atoms with E-state index in [0.717, 1.165) is 31.8 Å². The summed E-state index contributed by atoms with van der Waals surface area (Å²) in [5.41, 5.74) is 2.30. The van der Waals surface area contributed by atoms with Gasteiger partial charge in [-0.1, -0.05) is 0 Å². The molecule has 0 spiro atoms. The number of hydrogen-bond donors (Lipinski definition) is 0. The number of pyridine rings is 1. The molecular weight excluding hydrogens is 200 g/mol. The van der Waals surface area contributed by atoms with Gasteiger partial charge in [0, 0.05) is 44.8 Å². The number of rotatable bonds is 1. The van der Waals surface area contributed by atoms with Crippen molar-refractivity contribution in [1.82, 2.24) is 14.3 Å². The maximum atomic E-state index is 4.25. The Morgan fingerprint density at radius 3 is 2.75 bits per heavy atom. The zero-order valence-corrected chi connectivity index (χ0v) is 9.50. The van der Waals surface area contributed by atoms with E-state index in [4.69, 9.17) is 0 Å². The minimum Gasteiger partial charge on any atom is -0.368 e. The fraction of sp³-hybridized carbons (Fsp3) is 0.417. The normalized spacial score (nSPS) is 18.2. The highest BCUT2D eigenvalue weighted by Crippen LogP contribution is 2.16. The van der Waals surface area contributed by atoms with Crippen molar-refractivity contribution in [1.29, 1.82) is 0 Å². The lowest BCUT2D eigenvalue weighted by Crippen LogP contribution is -2.44. The monoisotopic (exact) mass is 216 g/mol. The van der Waals surface area contributed by atoms with Gasteiger partial charge in [0.15, 0.2) is 0 Å². The van der Waals surface area contributed by atoms with Crippen molar-refractivity contribution in [2.75, 3.05) is 38.1 Å². The third-order valence-electron chi connectivity index (χ3n) is 3.24. The van der Waals surface area contributed by atoms with Crippen LogP contribution >= 0.6 is 0 Å². The molecule has 1 aliphatic heterocycles. The van der Waals surface area contributed by atoms with Crippen LogP contribution in [0.25, 0.3) is 5.65 Å². The van der Waals surface area contributed by atoms with E-state index in [1.807, 2.05) is 12.4 Å². The molecule has 3 heterocycles. The maximum absolute atomic E-state index is 4.25. The standard InChI is InChI=1S/C12H16N4/c1-14-6-8-15(9-7-14)11-2-3-12-13-4-5-16(12)10-11/h2-5,10H,6-9H2,1H3. The summed E-state index contributed by atoms with van der Waals surface area (Å²) < 4.78 is 2.08. The first-order valence-corrected chi connectivity index (χ1v) is 5.69. The molecule has 0 saturated carbocycles. The Morgan fingerprint density at radius 1 is 1.12 bits per heavy atom. The molecule has 0 N–H and O–H groups in total. The van der Waals surface area contributed by atoms with E-state index in [1.165, 1.54) is 5.69 Å². The molecule has 0 bridgehead atoms. The molecule has 3 rings (SSSR count). The Balaban J connectivity index is 1.87. The molecule has 0 unspecified atom stereocenters. The molecule has 1 fully saturated rings. The van der Waals surface area contributed by atoms with Gasteiger partial charge in [-0.2, -0.15) is 0 Å². The molecule has 2 aromatic heterocycles. The Bertz CT molecular complexity index is 482. The highest BCUT2D eigenvalue weighted by atomic mass is 15.3. The predicted octanol–water partition coefficient (Wildman–Crippen LogP) is 1.09. The van der Waals surface area contributed by atoms with Gasteiger partial charge < -0.3 is 14.2 Å². The summed E-state index contributed by atoms with van der Waals surface area (Å²) >= 11 is 0. The summed E-state index contributed by atoms with van der Waals surface area (Å²) in [6, 6.07) is 4.24. The highest BCUT2D eigenvalue weighted by molar-refractivity contribution is 5.52. The minimum atomic E-state index is 1.01. The number of aromatic nitrogens is 2. The smallest absolute Gasteiger partial charge is 0.136 e. The van der Waals surface area contributed by atoms with Crippen molar-refractivity contribution in [3.63, 3.8) is 0 Å². The van der Waals surface area contributed by atoms with Crippen LogP contribution in [0, 0.1) is 0 Å². The zero-order valence-electron chi connectivity index (χ0n) is 9.50. The van der Waals surface area contributed by atoms with E-state index in [9.17, 15) is 0 Å². The van der Waals surface area contributed by atoms with Gasteiger partial charge >= 0.3 is 0 Å². The largest absolute Gasteiger partial charge is 0.368 e. The predicted molar refractivity (Wildman–Crippen MR) is 64.9 cm³/mol. The Labute approximate surface area is 95.1 Å². The first-order valence-electron chi connectivity index (χ1n) is 5.69. The first kappa shape index (κ1) is 9.66. The van der Waals surface area contributed by atoms with Gasteiger partial charge in [-0.15, -0.1) is 0 Å². The molecule has 1 aliphatic rings. The van der Waals surface area contributed by atoms with Gasteiger partial charge in [0.25, 0.3) is 0 Å². The summed E-state index contributed by atoms with van der Waals surface area (Å²) in [4.78, 5) is 9.05. The van der Waals surface area contributed by atoms with Gasteiger partial charge in [0.2, 0.25) is 0 Å². The van der Waals surface area contributed by atoms with Crippen LogP contribution in [0.5, 0.6) is 0 Å². The fourth-order valence-electron chi connectivity index (χ4n) is 2.16. The van der Waals surface area contributed by atoms with E-state index in [0.29, 0.717) is 0 Å². The third-order valence-corrected chi connectivity index (χ3v) is 3.24. The second kappa shape index (κ2) is 3.79. The molecule has 0 aliphatic carbocycles. The number of likely N-dealkylation sites (N-methyl/N-ethyl adjacent to an activating group) is 1. The third kappa shape index (κ3) is 1.65. The second-order valence-corrected chi connectivity index (χ2v) is 4.37. The summed E-state index contributed by atoms with van der Waals surface area (Å²) in [7, 11) is 2.18. The minimum absolute atomic E-state index is 1.01. The number of nitrogens with zero attached hydrogens (tertiary/aromatic N) is 4. The van der Waals surface area contributed by atoms with Gasteiger partial charge in [-0.3, -0.25) is 0 Å². The van der Waals surface area contributed by atoms with Crippen LogP contribution in [0.3, 0.4) is 0 Å². The zero-order chi connectivity index (χ0) is 11.0. The Hall–Kier alpha value is -1.55. The van der Waals surface area contributed by atoms with Crippen molar-refractivity contribution in [2.45, 2.75) is 0 Å². The topological polar surface area (TPSA) is 23.8 Å². The van der Waals surface area contributed by atoms with Crippen LogP contribution in [-0.4, -0.2) is 47.5 Å². The van der Waals surface area contributed by atoms with Crippen molar-refractivity contribution < 1.29 is 0 Å². The van der Waals surface area contributed by atoms with E-state index in [-0.39, 0.29) is 0 Å². The average Bonchev–Trinajstić information content (AvgIpc) is 2.77. The molecule has 0 aromatic carbocycles. The lowest BCUT2D eigenvalue weighted by Gasteiger charge is -2.33. The summed E-state index contributed by atoms with van der Waals surface area (Å²) in [5, 5.41) is 0. The summed E-state index contributed by atoms with van der Waals surface area (Å²) in [6.07, 6.45) is 5.99. The molecule has 0 atom stereocenters. The van der Waals surface area contributed by atoms with Crippen LogP contribution in [0.15, 0.2) is 30.7 Å². The molecule has 16 heavy (non-hydrogen) atoms. The lowest BCUT2D eigenvalue weighted by molar-refractivity contribution is 0.313. The lowest BCUT2D eigenvalue weighted by atomic mass is 10.3. The number of piperazine rings is 1. The van der Waals surface area contributed by atoms with Crippen LogP contribution < -0.4 is 4.90 Å². The first-order chi connectivity index (χ1) is 7.83. The molecule has 4 nitrogen and oxygen atoms in total. The van der Waals surface area contributed by atoms with Crippen molar-refractivity contribution in [2.24, 2.45) is 0 Å². The number of fused-ring (bicyclic) bond motifs is 1. The van der Waals surface area contributed by atoms with Gasteiger partial charge in [-0.05, 0) is 19.2 Å². The molecule has 1 saturated heterocycles. The molecular formula is C12H16N4. The van der Waals surface area contributed by atoms with E-state index >= 15 is 0 Å².